The van der Waals surface area contributed by atoms with Crippen LogP contribution >= 0.6 is 0 Å². The van der Waals surface area contributed by atoms with E-state index in [-0.39, 0.29) is 35.5 Å². The third kappa shape index (κ3) is 3.62. The third-order valence-electron chi connectivity index (χ3n) is 5.93. The molecule has 1 aliphatic heterocycles. The van der Waals surface area contributed by atoms with Crippen molar-refractivity contribution in [3.05, 3.63) is 80.9 Å². The molecule has 0 spiro atoms. The summed E-state index contributed by atoms with van der Waals surface area (Å²) in [4.78, 5) is 40.1. The summed E-state index contributed by atoms with van der Waals surface area (Å²) in [6, 6.07) is 17.1. The van der Waals surface area contributed by atoms with Gasteiger partial charge in [-0.1, -0.05) is 49.4 Å². The van der Waals surface area contributed by atoms with Gasteiger partial charge in [-0.3, -0.25) is 19.5 Å². The van der Waals surface area contributed by atoms with Gasteiger partial charge in [-0.15, -0.1) is 0 Å². The summed E-state index contributed by atoms with van der Waals surface area (Å²) in [5, 5.41) is 3.24. The van der Waals surface area contributed by atoms with Gasteiger partial charge in [0.15, 0.2) is 0 Å². The molecule has 6 nitrogen and oxygen atoms in total. The first-order chi connectivity index (χ1) is 14.1. The Balaban J connectivity index is 1.61. The van der Waals surface area contributed by atoms with E-state index in [9.17, 15) is 14.4 Å². The molecule has 1 amide bonds. The van der Waals surface area contributed by atoms with Gasteiger partial charge in [0, 0.05) is 18.5 Å². The minimum Gasteiger partial charge on any atom is -0.337 e. The van der Waals surface area contributed by atoms with Crippen molar-refractivity contribution in [2.45, 2.75) is 44.7 Å². The number of carbonyl (C=O) groups is 1. The lowest BCUT2D eigenvalue weighted by Gasteiger charge is -2.31. The number of rotatable bonds is 5. The summed E-state index contributed by atoms with van der Waals surface area (Å²) in [5.74, 6) is 0.130. The van der Waals surface area contributed by atoms with Crippen LogP contribution in [-0.4, -0.2) is 33.2 Å². The number of H-pyrrole nitrogens is 1. The van der Waals surface area contributed by atoms with E-state index in [1.807, 2.05) is 23.1 Å². The SMILES string of the molecule is CC[C@H](c1ccccc1)[C@H]1CCCN1C(=O)Cn1[nH]c(=O)c2ccccc2c1=O. The van der Waals surface area contributed by atoms with Crippen molar-refractivity contribution in [1.82, 2.24) is 14.7 Å². The van der Waals surface area contributed by atoms with Crippen LogP contribution in [0.2, 0.25) is 0 Å². The number of aromatic nitrogens is 2. The maximum Gasteiger partial charge on any atom is 0.273 e. The molecule has 2 heterocycles. The number of nitrogens with zero attached hydrogens (tertiary/aromatic N) is 2. The van der Waals surface area contributed by atoms with Gasteiger partial charge in [-0.2, -0.15) is 0 Å². The molecule has 0 unspecified atom stereocenters. The summed E-state index contributed by atoms with van der Waals surface area (Å²) in [7, 11) is 0. The lowest BCUT2D eigenvalue weighted by atomic mass is 9.87. The van der Waals surface area contributed by atoms with Gasteiger partial charge in [0.1, 0.15) is 6.54 Å². The molecule has 0 saturated carbocycles. The first kappa shape index (κ1) is 19.2. The molecule has 0 radical (unpaired) electrons. The molecular weight excluding hydrogens is 366 g/mol. The normalized spacial score (nSPS) is 17.6. The maximum atomic E-state index is 13.1. The molecule has 150 valence electrons. The summed E-state index contributed by atoms with van der Waals surface area (Å²) in [6.07, 6.45) is 2.83. The average molecular weight is 391 g/mol. The molecule has 1 fully saturated rings. The average Bonchev–Trinajstić information content (AvgIpc) is 3.23. The van der Waals surface area contributed by atoms with E-state index >= 15 is 0 Å². The Bertz CT molecular complexity index is 1130. The second kappa shape index (κ2) is 8.07. The third-order valence-corrected chi connectivity index (χ3v) is 5.93. The number of nitrogens with one attached hydrogen (secondary N) is 1. The molecule has 2 aromatic carbocycles. The molecule has 4 rings (SSSR count). The topological polar surface area (TPSA) is 75.2 Å². The van der Waals surface area contributed by atoms with E-state index in [1.165, 1.54) is 5.56 Å². The van der Waals surface area contributed by atoms with Gasteiger partial charge < -0.3 is 4.90 Å². The largest absolute Gasteiger partial charge is 0.337 e. The van der Waals surface area contributed by atoms with Crippen molar-refractivity contribution >= 4 is 16.7 Å². The molecule has 2 atom stereocenters. The van der Waals surface area contributed by atoms with Crippen LogP contribution in [0.3, 0.4) is 0 Å². The highest BCUT2D eigenvalue weighted by molar-refractivity contribution is 5.81. The van der Waals surface area contributed by atoms with E-state index in [1.54, 1.807) is 24.3 Å². The fraction of sp³-hybridized carbons (Fsp3) is 0.348. The highest BCUT2D eigenvalue weighted by Crippen LogP contribution is 2.33. The number of aromatic amines is 1. The van der Waals surface area contributed by atoms with Crippen LogP contribution in [-0.2, 0) is 11.3 Å². The van der Waals surface area contributed by atoms with Gasteiger partial charge in [0.2, 0.25) is 5.91 Å². The molecular formula is C23H25N3O3. The second-order valence-corrected chi connectivity index (χ2v) is 7.60. The van der Waals surface area contributed by atoms with Crippen LogP contribution in [0.15, 0.2) is 64.2 Å². The number of fused-ring (bicyclic) bond motifs is 1. The zero-order chi connectivity index (χ0) is 20.4. The van der Waals surface area contributed by atoms with Crippen LogP contribution in [0.1, 0.15) is 37.7 Å². The lowest BCUT2D eigenvalue weighted by Crippen LogP contribution is -2.43. The molecule has 0 aliphatic carbocycles. The van der Waals surface area contributed by atoms with Gasteiger partial charge >= 0.3 is 0 Å². The van der Waals surface area contributed by atoms with E-state index < -0.39 is 0 Å². The maximum absolute atomic E-state index is 13.1. The number of carbonyl (C=O) groups excluding carboxylic acids is 1. The monoisotopic (exact) mass is 391 g/mol. The summed E-state index contributed by atoms with van der Waals surface area (Å²) in [5.41, 5.74) is 0.525. The zero-order valence-electron chi connectivity index (χ0n) is 16.5. The Hall–Kier alpha value is -3.15. The Kier molecular flexibility index (Phi) is 5.34. The van der Waals surface area contributed by atoms with Gasteiger partial charge in [0.05, 0.1) is 10.8 Å². The Morgan fingerprint density at radius 3 is 2.48 bits per heavy atom. The van der Waals surface area contributed by atoms with Gasteiger partial charge in [-0.25, -0.2) is 4.68 Å². The molecule has 29 heavy (non-hydrogen) atoms. The van der Waals surface area contributed by atoms with E-state index in [0.29, 0.717) is 17.3 Å². The number of amides is 1. The first-order valence-electron chi connectivity index (χ1n) is 10.2. The van der Waals surface area contributed by atoms with Crippen molar-refractivity contribution < 1.29 is 4.79 Å². The highest BCUT2D eigenvalue weighted by Gasteiger charge is 2.34. The summed E-state index contributed by atoms with van der Waals surface area (Å²) >= 11 is 0. The van der Waals surface area contributed by atoms with Gasteiger partial charge in [0.25, 0.3) is 11.1 Å². The zero-order valence-corrected chi connectivity index (χ0v) is 16.5. The minimum atomic E-state index is -0.360. The van der Waals surface area contributed by atoms with E-state index in [4.69, 9.17) is 0 Å². The Labute approximate surface area is 168 Å². The van der Waals surface area contributed by atoms with Gasteiger partial charge in [-0.05, 0) is 37.0 Å². The number of hydrogen-bond donors (Lipinski definition) is 1. The fourth-order valence-corrected chi connectivity index (χ4v) is 4.53. The molecule has 0 bridgehead atoms. The molecule has 1 aromatic heterocycles. The minimum absolute atomic E-state index is 0.109. The van der Waals surface area contributed by atoms with Crippen LogP contribution in [0.25, 0.3) is 10.8 Å². The quantitative estimate of drug-likeness (QED) is 0.727. The van der Waals surface area contributed by atoms with Crippen molar-refractivity contribution in [2.75, 3.05) is 6.54 Å². The summed E-state index contributed by atoms with van der Waals surface area (Å²) in [6.45, 7) is 2.67. The highest BCUT2D eigenvalue weighted by atomic mass is 16.2. The first-order valence-corrected chi connectivity index (χ1v) is 10.2. The number of benzene rings is 2. The fourth-order valence-electron chi connectivity index (χ4n) is 4.53. The summed E-state index contributed by atoms with van der Waals surface area (Å²) < 4.78 is 1.14. The molecule has 3 aromatic rings. The molecule has 6 heteroatoms. The predicted octanol–water partition coefficient (Wildman–Crippen LogP) is 2.87. The molecule has 1 N–H and O–H groups in total. The predicted molar refractivity (Wildman–Crippen MR) is 113 cm³/mol. The van der Waals surface area contributed by atoms with Crippen LogP contribution in [0, 0.1) is 0 Å². The molecule has 1 saturated heterocycles. The Morgan fingerprint density at radius 2 is 1.76 bits per heavy atom. The lowest BCUT2D eigenvalue weighted by molar-refractivity contribution is -0.133. The smallest absolute Gasteiger partial charge is 0.273 e. The van der Waals surface area contributed by atoms with Crippen molar-refractivity contribution in [3.8, 4) is 0 Å². The van der Waals surface area contributed by atoms with Crippen LogP contribution in [0.5, 0.6) is 0 Å². The van der Waals surface area contributed by atoms with Crippen LogP contribution in [0.4, 0.5) is 0 Å². The standard InChI is InChI=1S/C23H25N3O3/c1-2-17(16-9-4-3-5-10-16)20-13-8-14-25(20)21(27)15-26-23(29)19-12-7-6-11-18(19)22(28)24-26/h3-7,9-12,17,20H,2,8,13-15H2,1H3,(H,24,28)/t17-,20-/m1/s1. The van der Waals surface area contributed by atoms with Crippen molar-refractivity contribution in [1.29, 1.82) is 0 Å². The number of likely N-dealkylation sites (tertiary alicyclic amines) is 1. The second-order valence-electron chi connectivity index (χ2n) is 7.60. The van der Waals surface area contributed by atoms with Crippen molar-refractivity contribution in [3.63, 3.8) is 0 Å². The number of hydrogen-bond acceptors (Lipinski definition) is 3. The van der Waals surface area contributed by atoms with Crippen molar-refractivity contribution in [2.24, 2.45) is 0 Å². The van der Waals surface area contributed by atoms with Crippen LogP contribution < -0.4 is 11.1 Å². The molecule has 1 aliphatic rings. The van der Waals surface area contributed by atoms with E-state index in [2.05, 4.69) is 24.2 Å². The van der Waals surface area contributed by atoms with E-state index in [0.717, 1.165) is 23.9 Å². The Morgan fingerprint density at radius 1 is 1.07 bits per heavy atom.